The Morgan fingerprint density at radius 1 is 1.24 bits per heavy atom. The highest BCUT2D eigenvalue weighted by atomic mass is 32.2. The number of hydrogen-bond acceptors (Lipinski definition) is 3. The molecule has 0 saturated carbocycles. The number of carbonyl (C=O) groups excluding carboxylic acids is 1. The fourth-order valence-electron chi connectivity index (χ4n) is 3.15. The first-order valence-electron chi connectivity index (χ1n) is 7.10. The second-order valence-corrected chi connectivity index (χ2v) is 6.24. The summed E-state index contributed by atoms with van der Waals surface area (Å²) in [6, 6.07) is 8.26. The Bertz CT molecular complexity index is 743. The van der Waals surface area contributed by atoms with E-state index < -0.39 is 0 Å². The number of hydrogen-bond donors (Lipinski definition) is 1. The summed E-state index contributed by atoms with van der Waals surface area (Å²) >= 11 is 1.69. The number of H-pyrrole nitrogens is 1. The molecule has 1 aliphatic heterocycles. The fourth-order valence-corrected chi connectivity index (χ4v) is 3.56. The summed E-state index contributed by atoms with van der Waals surface area (Å²) in [7, 11) is 0. The predicted octanol–water partition coefficient (Wildman–Crippen LogP) is 2.88. The average molecular weight is 302 g/mol. The van der Waals surface area contributed by atoms with Crippen LogP contribution in [0.3, 0.4) is 0 Å². The molecule has 2 heterocycles. The van der Waals surface area contributed by atoms with E-state index in [4.69, 9.17) is 0 Å². The van der Waals surface area contributed by atoms with Crippen LogP contribution in [0.4, 0.5) is 0 Å². The minimum absolute atomic E-state index is 0.0395. The maximum atomic E-state index is 12.4. The van der Waals surface area contributed by atoms with Crippen LogP contribution in [-0.4, -0.2) is 21.7 Å². The lowest BCUT2D eigenvalue weighted by atomic mass is 9.86. The van der Waals surface area contributed by atoms with Crippen molar-refractivity contribution in [3.05, 3.63) is 51.7 Å². The summed E-state index contributed by atoms with van der Waals surface area (Å²) in [5, 5.41) is 0. The molecule has 2 atom stereocenters. The third kappa shape index (κ3) is 2.07. The number of imidazole rings is 1. The maximum absolute atomic E-state index is 12.4. The summed E-state index contributed by atoms with van der Waals surface area (Å²) < 4.78 is 1.33. The Labute approximate surface area is 127 Å². The quantitative estimate of drug-likeness (QED) is 0.887. The molecule has 0 radical (unpaired) electrons. The zero-order valence-electron chi connectivity index (χ0n) is 12.3. The zero-order chi connectivity index (χ0) is 15.1. The van der Waals surface area contributed by atoms with E-state index in [-0.39, 0.29) is 23.4 Å². The lowest BCUT2D eigenvalue weighted by Gasteiger charge is -2.16. The van der Waals surface area contributed by atoms with Gasteiger partial charge in [0.1, 0.15) is 0 Å². The number of fused-ring (bicyclic) bond motifs is 1. The van der Waals surface area contributed by atoms with Crippen LogP contribution in [0.15, 0.2) is 34.0 Å². The minimum Gasteiger partial charge on any atom is -0.309 e. The third-order valence-electron chi connectivity index (χ3n) is 4.24. The molecule has 0 spiro atoms. The number of aromatic amines is 1. The number of benzene rings is 1. The van der Waals surface area contributed by atoms with Crippen LogP contribution in [0.1, 0.15) is 41.5 Å². The van der Waals surface area contributed by atoms with E-state index in [2.05, 4.69) is 29.2 Å². The van der Waals surface area contributed by atoms with E-state index in [0.717, 1.165) is 23.4 Å². The standard InChI is InChI=1S/C16H18N2O2S/c1-4-12-14-13(10-5-7-11(21-3)8-6-10)9(2)15(19)18(14)16(20)17-12/h5-9,13H,4H2,1-3H3,(H,17,20). The Morgan fingerprint density at radius 3 is 2.48 bits per heavy atom. The first-order valence-corrected chi connectivity index (χ1v) is 8.32. The molecule has 110 valence electrons. The van der Waals surface area contributed by atoms with E-state index in [0.29, 0.717) is 0 Å². The van der Waals surface area contributed by atoms with Gasteiger partial charge in [-0.2, -0.15) is 0 Å². The van der Waals surface area contributed by atoms with Crippen molar-refractivity contribution >= 4 is 17.7 Å². The van der Waals surface area contributed by atoms with Gasteiger partial charge < -0.3 is 4.98 Å². The van der Waals surface area contributed by atoms with Crippen LogP contribution in [-0.2, 0) is 6.42 Å². The van der Waals surface area contributed by atoms with Gasteiger partial charge in [-0.1, -0.05) is 26.0 Å². The smallest absolute Gasteiger partial charge is 0.309 e. The number of thioether (sulfide) groups is 1. The fraction of sp³-hybridized carbons (Fsp3) is 0.375. The molecule has 0 bridgehead atoms. The zero-order valence-corrected chi connectivity index (χ0v) is 13.2. The molecule has 1 aromatic carbocycles. The lowest BCUT2D eigenvalue weighted by Crippen LogP contribution is -2.24. The van der Waals surface area contributed by atoms with Crippen molar-refractivity contribution in [3.8, 4) is 0 Å². The van der Waals surface area contributed by atoms with Crippen LogP contribution < -0.4 is 5.69 Å². The Kier molecular flexibility index (Phi) is 3.53. The molecule has 4 nitrogen and oxygen atoms in total. The second kappa shape index (κ2) is 5.22. The van der Waals surface area contributed by atoms with Gasteiger partial charge in [-0.25, -0.2) is 9.36 Å². The lowest BCUT2D eigenvalue weighted by molar-refractivity contribution is 0.0865. The molecule has 0 fully saturated rings. The van der Waals surface area contributed by atoms with E-state index in [1.54, 1.807) is 11.8 Å². The number of nitrogens with zero attached hydrogens (tertiary/aromatic N) is 1. The molecular formula is C16H18N2O2S. The number of carbonyl (C=O) groups is 1. The molecule has 0 saturated heterocycles. The largest absolute Gasteiger partial charge is 0.332 e. The highest BCUT2D eigenvalue weighted by molar-refractivity contribution is 7.98. The van der Waals surface area contributed by atoms with Crippen molar-refractivity contribution in [1.29, 1.82) is 0 Å². The summed E-state index contributed by atoms with van der Waals surface area (Å²) in [5.41, 5.74) is 2.50. The summed E-state index contributed by atoms with van der Waals surface area (Å²) in [6.07, 6.45) is 2.76. The van der Waals surface area contributed by atoms with Crippen molar-refractivity contribution in [1.82, 2.24) is 9.55 Å². The van der Waals surface area contributed by atoms with Gasteiger partial charge >= 0.3 is 5.69 Å². The van der Waals surface area contributed by atoms with Crippen LogP contribution in [0.2, 0.25) is 0 Å². The van der Waals surface area contributed by atoms with Gasteiger partial charge in [0, 0.05) is 22.4 Å². The third-order valence-corrected chi connectivity index (χ3v) is 4.99. The highest BCUT2D eigenvalue weighted by Gasteiger charge is 2.41. The topological polar surface area (TPSA) is 54.9 Å². The number of nitrogens with one attached hydrogen (secondary N) is 1. The molecule has 2 unspecified atom stereocenters. The monoisotopic (exact) mass is 302 g/mol. The molecule has 1 aromatic heterocycles. The first kappa shape index (κ1) is 14.2. The second-order valence-electron chi connectivity index (χ2n) is 5.36. The number of aromatic nitrogens is 2. The van der Waals surface area contributed by atoms with Gasteiger partial charge in [0.15, 0.2) is 0 Å². The van der Waals surface area contributed by atoms with Crippen LogP contribution >= 0.6 is 11.8 Å². The van der Waals surface area contributed by atoms with Crippen LogP contribution in [0, 0.1) is 5.92 Å². The Balaban J connectivity index is 2.15. The minimum atomic E-state index is -0.304. The Morgan fingerprint density at radius 2 is 1.90 bits per heavy atom. The molecule has 1 N–H and O–H groups in total. The van der Waals surface area contributed by atoms with Crippen molar-refractivity contribution < 1.29 is 4.79 Å². The van der Waals surface area contributed by atoms with E-state index >= 15 is 0 Å². The normalized spacial score (nSPS) is 20.8. The van der Waals surface area contributed by atoms with Gasteiger partial charge in [-0.15, -0.1) is 11.8 Å². The Hall–Kier alpha value is -1.75. The van der Waals surface area contributed by atoms with Gasteiger partial charge in [-0.3, -0.25) is 4.79 Å². The predicted molar refractivity (Wildman–Crippen MR) is 84.3 cm³/mol. The summed E-state index contributed by atoms with van der Waals surface area (Å²) in [5.74, 6) is -0.347. The molecule has 0 aliphatic carbocycles. The van der Waals surface area contributed by atoms with Crippen LogP contribution in [0.5, 0.6) is 0 Å². The summed E-state index contributed by atoms with van der Waals surface area (Å²) in [6.45, 7) is 3.90. The number of aryl methyl sites for hydroxylation is 1. The number of rotatable bonds is 3. The van der Waals surface area contributed by atoms with E-state index in [1.165, 1.54) is 9.46 Å². The van der Waals surface area contributed by atoms with E-state index in [9.17, 15) is 9.59 Å². The average Bonchev–Trinajstić information content (AvgIpc) is 2.96. The molecular weight excluding hydrogens is 284 g/mol. The maximum Gasteiger partial charge on any atom is 0.332 e. The van der Waals surface area contributed by atoms with Gasteiger partial charge in [-0.05, 0) is 30.4 Å². The molecule has 2 aromatic rings. The van der Waals surface area contributed by atoms with E-state index in [1.807, 2.05) is 20.1 Å². The molecule has 3 rings (SSSR count). The summed E-state index contributed by atoms with van der Waals surface area (Å²) in [4.78, 5) is 28.4. The van der Waals surface area contributed by atoms with Gasteiger partial charge in [0.25, 0.3) is 0 Å². The molecule has 0 amide bonds. The van der Waals surface area contributed by atoms with Gasteiger partial charge in [0.05, 0.1) is 5.69 Å². The first-order chi connectivity index (χ1) is 10.1. The SMILES string of the molecule is CCc1[nH]c(=O)n2c1C(c1ccc(SC)cc1)C(C)C2=O. The van der Waals surface area contributed by atoms with Crippen molar-refractivity contribution in [2.75, 3.05) is 6.26 Å². The highest BCUT2D eigenvalue weighted by Crippen LogP contribution is 2.39. The van der Waals surface area contributed by atoms with Crippen LogP contribution in [0.25, 0.3) is 0 Å². The van der Waals surface area contributed by atoms with Crippen molar-refractivity contribution in [3.63, 3.8) is 0 Å². The van der Waals surface area contributed by atoms with Crippen molar-refractivity contribution in [2.24, 2.45) is 5.92 Å². The van der Waals surface area contributed by atoms with Gasteiger partial charge in [0.2, 0.25) is 5.91 Å². The molecule has 21 heavy (non-hydrogen) atoms. The molecule has 5 heteroatoms. The van der Waals surface area contributed by atoms with Crippen molar-refractivity contribution in [2.45, 2.75) is 31.1 Å². The molecule has 1 aliphatic rings.